The van der Waals surface area contributed by atoms with Gasteiger partial charge in [0.05, 0.1) is 24.8 Å². The SMILES string of the molecule is COc1cccc(NC(=O)CSc2ncc(-c3ccc(Cl)cc3)n2C)c1. The van der Waals surface area contributed by atoms with Crippen LogP contribution in [0, 0.1) is 0 Å². The predicted molar refractivity (Wildman–Crippen MR) is 106 cm³/mol. The van der Waals surface area contributed by atoms with Gasteiger partial charge in [-0.3, -0.25) is 4.79 Å². The van der Waals surface area contributed by atoms with Crippen molar-refractivity contribution in [1.29, 1.82) is 0 Å². The summed E-state index contributed by atoms with van der Waals surface area (Å²) in [5.41, 5.74) is 2.70. The van der Waals surface area contributed by atoms with Crippen LogP contribution in [-0.2, 0) is 11.8 Å². The number of aromatic nitrogens is 2. The third-order valence-electron chi connectivity index (χ3n) is 3.77. The Balaban J connectivity index is 1.62. The van der Waals surface area contributed by atoms with E-state index in [1.165, 1.54) is 11.8 Å². The van der Waals surface area contributed by atoms with E-state index < -0.39 is 0 Å². The van der Waals surface area contributed by atoms with Crippen molar-refractivity contribution in [3.63, 3.8) is 0 Å². The number of halogens is 1. The molecule has 134 valence electrons. The number of nitrogens with zero attached hydrogens (tertiary/aromatic N) is 2. The van der Waals surface area contributed by atoms with E-state index in [1.54, 1.807) is 19.4 Å². The lowest BCUT2D eigenvalue weighted by Gasteiger charge is -2.08. The Morgan fingerprint density at radius 3 is 2.77 bits per heavy atom. The zero-order valence-electron chi connectivity index (χ0n) is 14.4. The molecule has 0 atom stereocenters. The van der Waals surface area contributed by atoms with Crippen molar-refractivity contribution in [1.82, 2.24) is 9.55 Å². The first kappa shape index (κ1) is 18.4. The second-order valence-corrected chi connectivity index (χ2v) is 6.94. The van der Waals surface area contributed by atoms with Gasteiger partial charge in [0.2, 0.25) is 5.91 Å². The van der Waals surface area contributed by atoms with Gasteiger partial charge in [0.25, 0.3) is 0 Å². The molecule has 3 rings (SSSR count). The maximum atomic E-state index is 12.2. The van der Waals surface area contributed by atoms with Gasteiger partial charge in [-0.2, -0.15) is 0 Å². The first-order chi connectivity index (χ1) is 12.6. The highest BCUT2D eigenvalue weighted by Crippen LogP contribution is 2.26. The zero-order valence-corrected chi connectivity index (χ0v) is 16.0. The van der Waals surface area contributed by atoms with Crippen LogP contribution in [0.2, 0.25) is 5.02 Å². The fourth-order valence-electron chi connectivity index (χ4n) is 2.44. The molecular weight excluding hydrogens is 370 g/mol. The molecule has 2 aromatic carbocycles. The summed E-state index contributed by atoms with van der Waals surface area (Å²) in [5.74, 6) is 0.869. The van der Waals surface area contributed by atoms with Crippen LogP contribution in [0.1, 0.15) is 0 Å². The van der Waals surface area contributed by atoms with Crippen LogP contribution in [0.15, 0.2) is 59.9 Å². The van der Waals surface area contributed by atoms with Crippen molar-refractivity contribution in [3.05, 3.63) is 59.8 Å². The van der Waals surface area contributed by atoms with Crippen LogP contribution in [-0.4, -0.2) is 28.3 Å². The van der Waals surface area contributed by atoms with Crippen molar-refractivity contribution in [2.45, 2.75) is 5.16 Å². The van der Waals surface area contributed by atoms with Crippen molar-refractivity contribution in [3.8, 4) is 17.0 Å². The number of amides is 1. The smallest absolute Gasteiger partial charge is 0.234 e. The van der Waals surface area contributed by atoms with Crippen LogP contribution < -0.4 is 10.1 Å². The fourth-order valence-corrected chi connectivity index (χ4v) is 3.32. The van der Waals surface area contributed by atoms with E-state index in [2.05, 4.69) is 10.3 Å². The normalized spacial score (nSPS) is 10.6. The molecule has 1 heterocycles. The number of anilines is 1. The Hall–Kier alpha value is -2.44. The van der Waals surface area contributed by atoms with Crippen molar-refractivity contribution in [2.75, 3.05) is 18.2 Å². The molecule has 5 nitrogen and oxygen atoms in total. The molecule has 0 bridgehead atoms. The summed E-state index contributed by atoms with van der Waals surface area (Å²) in [4.78, 5) is 16.6. The molecule has 26 heavy (non-hydrogen) atoms. The van der Waals surface area contributed by atoms with Gasteiger partial charge in [-0.25, -0.2) is 4.98 Å². The fraction of sp³-hybridized carbons (Fsp3) is 0.158. The summed E-state index contributed by atoms with van der Waals surface area (Å²) in [6, 6.07) is 14.9. The molecule has 1 N–H and O–H groups in total. The Bertz CT molecular complexity index is 909. The van der Waals surface area contributed by atoms with E-state index in [4.69, 9.17) is 16.3 Å². The molecule has 0 saturated carbocycles. The Labute approximate surface area is 161 Å². The third-order valence-corrected chi connectivity index (χ3v) is 5.07. The number of rotatable bonds is 6. The summed E-state index contributed by atoms with van der Waals surface area (Å²) in [6.07, 6.45) is 1.80. The molecular formula is C19H18ClN3O2S. The number of ether oxygens (including phenoxy) is 1. The summed E-state index contributed by atoms with van der Waals surface area (Å²) in [7, 11) is 3.52. The van der Waals surface area contributed by atoms with Gasteiger partial charge in [0, 0.05) is 23.8 Å². The second kappa shape index (κ2) is 8.29. The van der Waals surface area contributed by atoms with Gasteiger partial charge in [0.1, 0.15) is 5.75 Å². The monoisotopic (exact) mass is 387 g/mol. The number of imidazole rings is 1. The number of carbonyl (C=O) groups excluding carboxylic acids is 1. The highest BCUT2D eigenvalue weighted by Gasteiger charge is 2.11. The first-order valence-corrected chi connectivity index (χ1v) is 9.27. The lowest BCUT2D eigenvalue weighted by atomic mass is 10.2. The summed E-state index contributed by atoms with van der Waals surface area (Å²) >= 11 is 7.32. The van der Waals surface area contributed by atoms with E-state index in [0.29, 0.717) is 16.5 Å². The van der Waals surface area contributed by atoms with Crippen molar-refractivity contribution < 1.29 is 9.53 Å². The molecule has 0 aliphatic heterocycles. The first-order valence-electron chi connectivity index (χ1n) is 7.91. The number of carbonyl (C=O) groups is 1. The van der Waals surface area contributed by atoms with Crippen LogP contribution in [0.5, 0.6) is 5.75 Å². The highest BCUT2D eigenvalue weighted by molar-refractivity contribution is 7.99. The highest BCUT2D eigenvalue weighted by atomic mass is 35.5. The third kappa shape index (κ3) is 4.39. The van der Waals surface area contributed by atoms with Crippen molar-refractivity contribution in [2.24, 2.45) is 7.05 Å². The maximum Gasteiger partial charge on any atom is 0.234 e. The average Bonchev–Trinajstić information content (AvgIpc) is 3.01. The van der Waals surface area contributed by atoms with Gasteiger partial charge >= 0.3 is 0 Å². The van der Waals surface area contributed by atoms with Crippen molar-refractivity contribution >= 4 is 35.0 Å². The topological polar surface area (TPSA) is 56.1 Å². The predicted octanol–water partition coefficient (Wildman–Crippen LogP) is 4.48. The molecule has 1 aromatic heterocycles. The minimum Gasteiger partial charge on any atom is -0.497 e. The molecule has 0 aliphatic rings. The van der Waals surface area contributed by atoms with Crippen LogP contribution in [0.3, 0.4) is 0 Å². The summed E-state index contributed by atoms with van der Waals surface area (Å²) in [5, 5.41) is 4.33. The number of methoxy groups -OCH3 is 1. The minimum atomic E-state index is -0.0979. The molecule has 0 unspecified atom stereocenters. The van der Waals surface area contributed by atoms with E-state index in [1.807, 2.05) is 54.1 Å². The van der Waals surface area contributed by atoms with E-state index in [-0.39, 0.29) is 11.7 Å². The number of hydrogen-bond donors (Lipinski definition) is 1. The molecule has 1 amide bonds. The van der Waals surface area contributed by atoms with Crippen LogP contribution in [0.4, 0.5) is 5.69 Å². The van der Waals surface area contributed by atoms with Gasteiger partial charge in [-0.15, -0.1) is 0 Å². The molecule has 0 radical (unpaired) electrons. The molecule has 0 saturated heterocycles. The average molecular weight is 388 g/mol. The second-order valence-electron chi connectivity index (χ2n) is 5.56. The summed E-state index contributed by atoms with van der Waals surface area (Å²) in [6.45, 7) is 0. The molecule has 0 spiro atoms. The Morgan fingerprint density at radius 2 is 2.04 bits per heavy atom. The zero-order chi connectivity index (χ0) is 18.5. The van der Waals surface area contributed by atoms with Gasteiger partial charge in [-0.05, 0) is 29.8 Å². The number of thioether (sulfide) groups is 1. The van der Waals surface area contributed by atoms with Crippen LogP contribution >= 0.6 is 23.4 Å². The summed E-state index contributed by atoms with van der Waals surface area (Å²) < 4.78 is 7.12. The largest absolute Gasteiger partial charge is 0.497 e. The Kier molecular flexibility index (Phi) is 5.85. The number of nitrogens with one attached hydrogen (secondary N) is 1. The van der Waals surface area contributed by atoms with E-state index >= 15 is 0 Å². The lowest BCUT2D eigenvalue weighted by Crippen LogP contribution is -2.14. The molecule has 0 fully saturated rings. The molecule has 3 aromatic rings. The van der Waals surface area contributed by atoms with Crippen LogP contribution in [0.25, 0.3) is 11.3 Å². The Morgan fingerprint density at radius 1 is 1.27 bits per heavy atom. The maximum absolute atomic E-state index is 12.2. The quantitative estimate of drug-likeness (QED) is 0.633. The van der Waals surface area contributed by atoms with Gasteiger partial charge in [-0.1, -0.05) is 41.6 Å². The molecule has 0 aliphatic carbocycles. The standard InChI is InChI=1S/C19H18ClN3O2S/c1-23-17(13-6-8-14(20)9-7-13)11-21-19(23)26-12-18(24)22-15-4-3-5-16(10-15)25-2/h3-11H,12H2,1-2H3,(H,22,24). The lowest BCUT2D eigenvalue weighted by molar-refractivity contribution is -0.113. The van der Waals surface area contributed by atoms with E-state index in [0.717, 1.165) is 16.4 Å². The van der Waals surface area contributed by atoms with Gasteiger partial charge < -0.3 is 14.6 Å². The molecule has 7 heteroatoms. The number of hydrogen-bond acceptors (Lipinski definition) is 4. The number of benzene rings is 2. The van der Waals surface area contributed by atoms with Gasteiger partial charge in [0.15, 0.2) is 5.16 Å². The van der Waals surface area contributed by atoms with E-state index in [9.17, 15) is 4.79 Å². The minimum absolute atomic E-state index is 0.0979.